The van der Waals surface area contributed by atoms with Gasteiger partial charge in [-0.2, -0.15) is 0 Å². The first-order valence-corrected chi connectivity index (χ1v) is 4.43. The zero-order valence-corrected chi connectivity index (χ0v) is 8.36. The fourth-order valence-electron chi connectivity index (χ4n) is 0.842. The van der Waals surface area contributed by atoms with E-state index in [0.29, 0.717) is 5.75 Å². The van der Waals surface area contributed by atoms with Crippen molar-refractivity contribution in [3.05, 3.63) is 30.3 Å². The Labute approximate surface area is 83.3 Å². The Bertz CT molecular complexity index is 304. The average Bonchev–Trinajstić information content (AvgIpc) is 2.16. The van der Waals surface area contributed by atoms with Crippen molar-refractivity contribution >= 4 is 5.78 Å². The molecule has 1 N–H and O–H groups in total. The smallest absolute Gasteiger partial charge is 0.164 e. The molecule has 0 aliphatic heterocycles. The molecule has 0 aromatic heterocycles. The quantitative estimate of drug-likeness (QED) is 0.788. The van der Waals surface area contributed by atoms with Crippen LogP contribution >= 0.6 is 0 Å². The number of hydrogen-bond donors (Lipinski definition) is 1. The average molecular weight is 194 g/mol. The van der Waals surface area contributed by atoms with Gasteiger partial charge in [0, 0.05) is 0 Å². The van der Waals surface area contributed by atoms with Crippen molar-refractivity contribution < 1.29 is 14.6 Å². The molecule has 1 aromatic rings. The molecule has 3 heteroatoms. The van der Waals surface area contributed by atoms with E-state index in [0.717, 1.165) is 0 Å². The summed E-state index contributed by atoms with van der Waals surface area (Å²) in [5.41, 5.74) is -1.41. The maximum absolute atomic E-state index is 11.0. The zero-order valence-electron chi connectivity index (χ0n) is 8.36. The van der Waals surface area contributed by atoms with E-state index in [1.54, 1.807) is 12.1 Å². The number of ether oxygens (including phenoxy) is 1. The highest BCUT2D eigenvalue weighted by Gasteiger charge is 2.27. The van der Waals surface area contributed by atoms with Gasteiger partial charge in [-0.15, -0.1) is 0 Å². The number of Topliss-reactive ketones (excluding diaryl/α,β-unsaturated/α-hetero) is 1. The molecule has 1 rings (SSSR count). The molecule has 0 saturated carbocycles. The van der Waals surface area contributed by atoms with Crippen molar-refractivity contribution in [2.75, 3.05) is 6.61 Å². The van der Waals surface area contributed by atoms with Gasteiger partial charge in [-0.1, -0.05) is 18.2 Å². The summed E-state index contributed by atoms with van der Waals surface area (Å²) in [4.78, 5) is 11.0. The minimum atomic E-state index is -1.41. The van der Waals surface area contributed by atoms with Crippen LogP contribution in [0.3, 0.4) is 0 Å². The van der Waals surface area contributed by atoms with Crippen molar-refractivity contribution in [1.82, 2.24) is 0 Å². The molecule has 0 aliphatic rings. The summed E-state index contributed by atoms with van der Waals surface area (Å²) in [6.45, 7) is 2.76. The van der Waals surface area contributed by atoms with Gasteiger partial charge in [0.2, 0.25) is 0 Å². The van der Waals surface area contributed by atoms with Crippen LogP contribution in [0.2, 0.25) is 0 Å². The van der Waals surface area contributed by atoms with Gasteiger partial charge in [-0.05, 0) is 26.0 Å². The van der Waals surface area contributed by atoms with Crippen LogP contribution in [0.15, 0.2) is 30.3 Å². The summed E-state index contributed by atoms with van der Waals surface area (Å²) in [5.74, 6) is 0.349. The Balaban J connectivity index is 2.53. The number of carbonyl (C=O) groups is 1. The zero-order chi connectivity index (χ0) is 10.6. The molecule has 0 bridgehead atoms. The fraction of sp³-hybridized carbons (Fsp3) is 0.364. The van der Waals surface area contributed by atoms with Crippen LogP contribution in [0.5, 0.6) is 5.75 Å². The second kappa shape index (κ2) is 4.24. The number of aliphatic hydroxyl groups is 1. The van der Waals surface area contributed by atoms with Crippen molar-refractivity contribution in [2.24, 2.45) is 0 Å². The van der Waals surface area contributed by atoms with Crippen molar-refractivity contribution in [1.29, 1.82) is 0 Å². The van der Waals surface area contributed by atoms with E-state index in [-0.39, 0.29) is 12.4 Å². The summed E-state index contributed by atoms with van der Waals surface area (Å²) in [7, 11) is 0. The van der Waals surface area contributed by atoms with Crippen LogP contribution in [-0.4, -0.2) is 23.1 Å². The van der Waals surface area contributed by atoms with Crippen molar-refractivity contribution in [3.8, 4) is 5.75 Å². The lowest BCUT2D eigenvalue weighted by Crippen LogP contribution is -2.39. The SMILES string of the molecule is CC(=O)C(C)(O)COc1ccccc1. The first-order valence-electron chi connectivity index (χ1n) is 4.43. The topological polar surface area (TPSA) is 46.5 Å². The van der Waals surface area contributed by atoms with Gasteiger partial charge in [0.25, 0.3) is 0 Å². The molecular formula is C11H14O3. The molecule has 0 spiro atoms. The maximum atomic E-state index is 11.0. The minimum Gasteiger partial charge on any atom is -0.490 e. The molecular weight excluding hydrogens is 180 g/mol. The standard InChI is InChI=1S/C11H14O3/c1-9(12)11(2,13)8-14-10-6-4-3-5-7-10/h3-7,13H,8H2,1-2H3. The van der Waals surface area contributed by atoms with Crippen molar-refractivity contribution in [2.45, 2.75) is 19.4 Å². The molecule has 76 valence electrons. The Hall–Kier alpha value is -1.35. The van der Waals surface area contributed by atoms with Crippen molar-refractivity contribution in [3.63, 3.8) is 0 Å². The first-order chi connectivity index (χ1) is 6.52. The van der Waals surface area contributed by atoms with Crippen LogP contribution in [0.1, 0.15) is 13.8 Å². The van der Waals surface area contributed by atoms with Gasteiger partial charge >= 0.3 is 0 Å². The number of carbonyl (C=O) groups excluding carboxylic acids is 1. The van der Waals surface area contributed by atoms with E-state index < -0.39 is 5.60 Å². The van der Waals surface area contributed by atoms with E-state index in [1.165, 1.54) is 13.8 Å². The summed E-state index contributed by atoms with van der Waals surface area (Å²) in [5, 5.41) is 9.58. The summed E-state index contributed by atoms with van der Waals surface area (Å²) in [6.07, 6.45) is 0. The van der Waals surface area contributed by atoms with Crippen LogP contribution in [-0.2, 0) is 4.79 Å². The third kappa shape index (κ3) is 2.85. The van der Waals surface area contributed by atoms with Crippen LogP contribution in [0.4, 0.5) is 0 Å². The van der Waals surface area contributed by atoms with Gasteiger partial charge in [0.15, 0.2) is 11.4 Å². The molecule has 1 atom stereocenters. The number of para-hydroxylation sites is 1. The molecule has 0 saturated heterocycles. The van der Waals surface area contributed by atoms with Gasteiger partial charge in [0.1, 0.15) is 12.4 Å². The number of rotatable bonds is 4. The molecule has 1 unspecified atom stereocenters. The lowest BCUT2D eigenvalue weighted by atomic mass is 10.0. The molecule has 14 heavy (non-hydrogen) atoms. The highest BCUT2D eigenvalue weighted by Crippen LogP contribution is 2.12. The first kappa shape index (κ1) is 10.7. The van der Waals surface area contributed by atoms with Crippen LogP contribution < -0.4 is 4.74 Å². The highest BCUT2D eigenvalue weighted by molar-refractivity contribution is 5.84. The Morgan fingerprint density at radius 1 is 1.43 bits per heavy atom. The van der Waals surface area contributed by atoms with E-state index in [2.05, 4.69) is 0 Å². The van der Waals surface area contributed by atoms with Gasteiger partial charge in [-0.25, -0.2) is 0 Å². The highest BCUT2D eigenvalue weighted by atomic mass is 16.5. The monoisotopic (exact) mass is 194 g/mol. The normalized spacial score (nSPS) is 14.5. The van der Waals surface area contributed by atoms with Crippen LogP contribution in [0, 0.1) is 0 Å². The van der Waals surface area contributed by atoms with E-state index in [9.17, 15) is 9.90 Å². The molecule has 1 aromatic carbocycles. The Kier molecular flexibility index (Phi) is 3.25. The lowest BCUT2D eigenvalue weighted by Gasteiger charge is -2.19. The minimum absolute atomic E-state index is 0.0215. The van der Waals surface area contributed by atoms with Gasteiger partial charge in [0.05, 0.1) is 0 Å². The van der Waals surface area contributed by atoms with Crippen LogP contribution in [0.25, 0.3) is 0 Å². The van der Waals surface area contributed by atoms with Gasteiger partial charge < -0.3 is 9.84 Å². The molecule has 0 fully saturated rings. The molecule has 3 nitrogen and oxygen atoms in total. The molecule has 0 aliphatic carbocycles. The third-order valence-corrected chi connectivity index (χ3v) is 2.02. The summed E-state index contributed by atoms with van der Waals surface area (Å²) in [6, 6.07) is 9.08. The fourth-order valence-corrected chi connectivity index (χ4v) is 0.842. The lowest BCUT2D eigenvalue weighted by molar-refractivity contribution is -0.136. The second-order valence-corrected chi connectivity index (χ2v) is 3.43. The van der Waals surface area contributed by atoms with Gasteiger partial charge in [-0.3, -0.25) is 4.79 Å². The largest absolute Gasteiger partial charge is 0.490 e. The van der Waals surface area contributed by atoms with E-state index >= 15 is 0 Å². The summed E-state index contributed by atoms with van der Waals surface area (Å²) < 4.78 is 5.26. The molecule has 0 amide bonds. The number of hydrogen-bond acceptors (Lipinski definition) is 3. The Morgan fingerprint density at radius 3 is 2.50 bits per heavy atom. The maximum Gasteiger partial charge on any atom is 0.164 e. The third-order valence-electron chi connectivity index (χ3n) is 2.02. The number of ketones is 1. The van der Waals surface area contributed by atoms with E-state index in [1.807, 2.05) is 18.2 Å². The second-order valence-electron chi connectivity index (χ2n) is 3.43. The number of benzene rings is 1. The predicted octanol–water partition coefficient (Wildman–Crippen LogP) is 1.41. The predicted molar refractivity (Wildman–Crippen MR) is 53.2 cm³/mol. The molecule has 0 heterocycles. The molecule has 0 radical (unpaired) electrons. The summed E-state index contributed by atoms with van der Waals surface area (Å²) >= 11 is 0. The Morgan fingerprint density at radius 2 is 2.00 bits per heavy atom. The van der Waals surface area contributed by atoms with E-state index in [4.69, 9.17) is 4.74 Å².